The molecule has 0 aromatic carbocycles. The van der Waals surface area contributed by atoms with Crippen LogP contribution >= 0.6 is 0 Å². The standard InChI is InChI=1S/C17H33N3/c1-15(2)10-6-5-9-13-20-17(14-18-19-20)12-8-7-11-16(3)4/h14-16H,5-13H2,1-4H3. The summed E-state index contributed by atoms with van der Waals surface area (Å²) in [6, 6.07) is 0. The number of hydrogen-bond acceptors (Lipinski definition) is 2. The molecule has 0 bridgehead atoms. The van der Waals surface area contributed by atoms with Crippen molar-refractivity contribution in [3.05, 3.63) is 11.9 Å². The molecule has 0 radical (unpaired) electrons. The van der Waals surface area contributed by atoms with Crippen molar-refractivity contribution in [2.75, 3.05) is 0 Å². The summed E-state index contributed by atoms with van der Waals surface area (Å²) in [5.41, 5.74) is 1.32. The SMILES string of the molecule is CC(C)CCCCCn1nncc1CCCCC(C)C. The minimum absolute atomic E-state index is 0.819. The van der Waals surface area contributed by atoms with Gasteiger partial charge in [-0.2, -0.15) is 0 Å². The van der Waals surface area contributed by atoms with Crippen LogP contribution in [0.25, 0.3) is 0 Å². The summed E-state index contributed by atoms with van der Waals surface area (Å²) in [5, 5.41) is 8.31. The highest BCUT2D eigenvalue weighted by atomic mass is 15.4. The molecule has 0 saturated carbocycles. The normalized spacial score (nSPS) is 11.7. The lowest BCUT2D eigenvalue weighted by Crippen LogP contribution is -2.06. The van der Waals surface area contributed by atoms with E-state index in [4.69, 9.17) is 0 Å². The molecule has 20 heavy (non-hydrogen) atoms. The molecular weight excluding hydrogens is 246 g/mol. The van der Waals surface area contributed by atoms with Crippen LogP contribution in [0.5, 0.6) is 0 Å². The van der Waals surface area contributed by atoms with Gasteiger partial charge in [-0.15, -0.1) is 5.10 Å². The number of aromatic nitrogens is 3. The first-order valence-corrected chi connectivity index (χ1v) is 8.47. The molecule has 116 valence electrons. The molecule has 3 heteroatoms. The molecule has 3 nitrogen and oxygen atoms in total. The fourth-order valence-electron chi connectivity index (χ4n) is 2.51. The quantitative estimate of drug-likeness (QED) is 0.541. The Bertz CT molecular complexity index is 342. The molecule has 0 amide bonds. The Labute approximate surface area is 125 Å². The Kier molecular flexibility index (Phi) is 8.56. The van der Waals surface area contributed by atoms with E-state index in [1.807, 2.05) is 6.20 Å². The third-order valence-corrected chi connectivity index (χ3v) is 3.81. The molecule has 0 spiro atoms. The van der Waals surface area contributed by atoms with Crippen molar-refractivity contribution in [3.8, 4) is 0 Å². The van der Waals surface area contributed by atoms with Gasteiger partial charge >= 0.3 is 0 Å². The fourth-order valence-corrected chi connectivity index (χ4v) is 2.51. The van der Waals surface area contributed by atoms with E-state index in [1.54, 1.807) is 0 Å². The van der Waals surface area contributed by atoms with Gasteiger partial charge in [-0.1, -0.05) is 65.0 Å². The van der Waals surface area contributed by atoms with Crippen molar-refractivity contribution in [1.82, 2.24) is 15.0 Å². The molecule has 0 N–H and O–H groups in total. The molecule has 0 saturated heterocycles. The molecule has 1 rings (SSSR count). The van der Waals surface area contributed by atoms with Crippen LogP contribution in [-0.2, 0) is 13.0 Å². The predicted molar refractivity (Wildman–Crippen MR) is 85.7 cm³/mol. The molecular formula is C17H33N3. The second-order valence-corrected chi connectivity index (χ2v) is 6.83. The molecule has 0 aliphatic rings. The van der Waals surface area contributed by atoms with Crippen LogP contribution in [0.15, 0.2) is 6.20 Å². The molecule has 1 aromatic heterocycles. The molecule has 0 unspecified atom stereocenters. The van der Waals surface area contributed by atoms with E-state index in [-0.39, 0.29) is 0 Å². The van der Waals surface area contributed by atoms with E-state index < -0.39 is 0 Å². The van der Waals surface area contributed by atoms with E-state index in [0.29, 0.717) is 0 Å². The van der Waals surface area contributed by atoms with Gasteiger partial charge in [0.15, 0.2) is 0 Å². The minimum Gasteiger partial charge on any atom is -0.249 e. The molecule has 0 atom stereocenters. The van der Waals surface area contributed by atoms with Gasteiger partial charge in [-0.25, -0.2) is 4.68 Å². The smallest absolute Gasteiger partial charge is 0.0725 e. The van der Waals surface area contributed by atoms with E-state index in [9.17, 15) is 0 Å². The minimum atomic E-state index is 0.819. The van der Waals surface area contributed by atoms with Gasteiger partial charge in [0, 0.05) is 6.54 Å². The Balaban J connectivity index is 2.18. The maximum atomic E-state index is 4.23. The summed E-state index contributed by atoms with van der Waals surface area (Å²) >= 11 is 0. The Morgan fingerprint density at radius 2 is 1.55 bits per heavy atom. The predicted octanol–water partition coefficient (Wildman–Crippen LogP) is 4.86. The Morgan fingerprint density at radius 1 is 0.900 bits per heavy atom. The first kappa shape index (κ1) is 17.2. The third-order valence-electron chi connectivity index (χ3n) is 3.81. The number of hydrogen-bond donors (Lipinski definition) is 0. The summed E-state index contributed by atoms with van der Waals surface area (Å²) in [5.74, 6) is 1.65. The van der Waals surface area contributed by atoms with Crippen molar-refractivity contribution in [3.63, 3.8) is 0 Å². The van der Waals surface area contributed by atoms with Gasteiger partial charge in [0.2, 0.25) is 0 Å². The van der Waals surface area contributed by atoms with Crippen molar-refractivity contribution in [2.45, 2.75) is 85.6 Å². The van der Waals surface area contributed by atoms with Gasteiger partial charge in [-0.05, 0) is 31.1 Å². The lowest BCUT2D eigenvalue weighted by atomic mass is 10.0. The largest absolute Gasteiger partial charge is 0.249 e. The van der Waals surface area contributed by atoms with Gasteiger partial charge in [0.25, 0.3) is 0 Å². The highest BCUT2D eigenvalue weighted by Crippen LogP contribution is 2.12. The average molecular weight is 279 g/mol. The van der Waals surface area contributed by atoms with E-state index in [2.05, 4.69) is 42.7 Å². The number of unbranched alkanes of at least 4 members (excludes halogenated alkanes) is 3. The topological polar surface area (TPSA) is 30.7 Å². The van der Waals surface area contributed by atoms with E-state index in [1.165, 1.54) is 50.6 Å². The summed E-state index contributed by atoms with van der Waals surface area (Å²) in [4.78, 5) is 0. The monoisotopic (exact) mass is 279 g/mol. The highest BCUT2D eigenvalue weighted by molar-refractivity contribution is 4.93. The zero-order valence-electron chi connectivity index (χ0n) is 13.9. The zero-order valence-corrected chi connectivity index (χ0v) is 13.9. The van der Waals surface area contributed by atoms with Crippen molar-refractivity contribution >= 4 is 0 Å². The van der Waals surface area contributed by atoms with Crippen LogP contribution in [0.3, 0.4) is 0 Å². The van der Waals surface area contributed by atoms with Gasteiger partial charge in [0.05, 0.1) is 11.9 Å². The maximum absolute atomic E-state index is 4.23. The summed E-state index contributed by atoms with van der Waals surface area (Å²) < 4.78 is 2.12. The Morgan fingerprint density at radius 3 is 2.20 bits per heavy atom. The van der Waals surface area contributed by atoms with Crippen molar-refractivity contribution in [2.24, 2.45) is 11.8 Å². The van der Waals surface area contributed by atoms with Crippen LogP contribution in [-0.4, -0.2) is 15.0 Å². The van der Waals surface area contributed by atoms with E-state index in [0.717, 1.165) is 24.8 Å². The number of nitrogens with zero attached hydrogens (tertiary/aromatic N) is 3. The first-order valence-electron chi connectivity index (χ1n) is 8.47. The fraction of sp³-hybridized carbons (Fsp3) is 0.882. The summed E-state index contributed by atoms with van der Waals surface area (Å²) in [6.07, 6.45) is 12.2. The second-order valence-electron chi connectivity index (χ2n) is 6.83. The second kappa shape index (κ2) is 9.95. The van der Waals surface area contributed by atoms with Crippen LogP contribution in [0.2, 0.25) is 0 Å². The third kappa shape index (κ3) is 7.66. The molecule has 0 fully saturated rings. The maximum Gasteiger partial charge on any atom is 0.0725 e. The van der Waals surface area contributed by atoms with Crippen LogP contribution in [0.1, 0.15) is 78.3 Å². The number of rotatable bonds is 11. The highest BCUT2D eigenvalue weighted by Gasteiger charge is 2.04. The van der Waals surface area contributed by atoms with Crippen molar-refractivity contribution in [1.29, 1.82) is 0 Å². The Hall–Kier alpha value is -0.860. The number of aryl methyl sites for hydroxylation is 2. The van der Waals surface area contributed by atoms with Gasteiger partial charge in [-0.3, -0.25) is 0 Å². The average Bonchev–Trinajstić information content (AvgIpc) is 2.81. The lowest BCUT2D eigenvalue weighted by molar-refractivity contribution is 0.474. The van der Waals surface area contributed by atoms with E-state index >= 15 is 0 Å². The van der Waals surface area contributed by atoms with Crippen molar-refractivity contribution < 1.29 is 0 Å². The van der Waals surface area contributed by atoms with Gasteiger partial charge < -0.3 is 0 Å². The summed E-state index contributed by atoms with van der Waals surface area (Å²) in [6.45, 7) is 10.2. The molecule has 1 heterocycles. The molecule has 0 aliphatic heterocycles. The van der Waals surface area contributed by atoms with Crippen LogP contribution in [0, 0.1) is 11.8 Å². The lowest BCUT2D eigenvalue weighted by Gasteiger charge is -2.08. The first-order chi connectivity index (χ1) is 9.59. The van der Waals surface area contributed by atoms with Crippen LogP contribution in [0.4, 0.5) is 0 Å². The van der Waals surface area contributed by atoms with Gasteiger partial charge in [0.1, 0.15) is 0 Å². The molecule has 1 aromatic rings. The van der Waals surface area contributed by atoms with Crippen LogP contribution < -0.4 is 0 Å². The molecule has 0 aliphatic carbocycles. The summed E-state index contributed by atoms with van der Waals surface area (Å²) in [7, 11) is 0. The zero-order chi connectivity index (χ0) is 14.8.